The Morgan fingerprint density at radius 2 is 1.73 bits per heavy atom. The molecule has 4 rings (SSSR count). The van der Waals surface area contributed by atoms with Gasteiger partial charge in [-0.1, -0.05) is 61.4 Å². The van der Waals surface area contributed by atoms with Crippen molar-refractivity contribution in [3.63, 3.8) is 0 Å². The van der Waals surface area contributed by atoms with E-state index in [9.17, 15) is 4.79 Å². The third-order valence-corrected chi connectivity index (χ3v) is 5.02. The number of carbonyl (C=O) groups is 1. The van der Waals surface area contributed by atoms with E-state index in [2.05, 4.69) is 22.8 Å². The number of para-hydroxylation sites is 1. The molecule has 1 aliphatic carbocycles. The first-order valence-electron chi connectivity index (χ1n) is 9.28. The number of hydrogen-bond donors (Lipinski definition) is 2. The van der Waals surface area contributed by atoms with Crippen molar-refractivity contribution in [1.29, 1.82) is 0 Å². The van der Waals surface area contributed by atoms with E-state index in [0.717, 1.165) is 48.1 Å². The van der Waals surface area contributed by atoms with Crippen LogP contribution in [-0.2, 0) is 11.3 Å². The standard InChI is InChI=1S/C22H23N3O/c26-22(17-10-4-5-11-17)25-20-14-21(23-15-16-8-2-1-3-9-16)24-19-13-7-6-12-18(19)20/h1-3,6-9,12-14,17H,4-5,10-11,15H2,(H2,23,24,25,26). The number of carbonyl (C=O) groups excluding carboxylic acids is 1. The number of benzene rings is 2. The van der Waals surface area contributed by atoms with Crippen molar-refractivity contribution in [2.24, 2.45) is 5.92 Å². The number of pyridine rings is 1. The van der Waals surface area contributed by atoms with Gasteiger partial charge in [0, 0.05) is 23.9 Å². The lowest BCUT2D eigenvalue weighted by Crippen LogP contribution is -2.20. The molecule has 1 saturated carbocycles. The van der Waals surface area contributed by atoms with Gasteiger partial charge in [0.2, 0.25) is 5.91 Å². The Morgan fingerprint density at radius 1 is 1.00 bits per heavy atom. The van der Waals surface area contributed by atoms with Gasteiger partial charge in [0.15, 0.2) is 0 Å². The normalized spacial score (nSPS) is 14.5. The van der Waals surface area contributed by atoms with Gasteiger partial charge in [-0.25, -0.2) is 4.98 Å². The van der Waals surface area contributed by atoms with E-state index in [4.69, 9.17) is 4.98 Å². The van der Waals surface area contributed by atoms with Crippen LogP contribution < -0.4 is 10.6 Å². The van der Waals surface area contributed by atoms with E-state index >= 15 is 0 Å². The summed E-state index contributed by atoms with van der Waals surface area (Å²) in [6.07, 6.45) is 4.29. The van der Waals surface area contributed by atoms with Crippen LogP contribution in [0.15, 0.2) is 60.7 Å². The predicted octanol–water partition coefficient (Wildman–Crippen LogP) is 4.98. The molecule has 3 aromatic rings. The minimum absolute atomic E-state index is 0.132. The van der Waals surface area contributed by atoms with Crippen molar-refractivity contribution >= 4 is 28.3 Å². The highest BCUT2D eigenvalue weighted by Gasteiger charge is 2.23. The zero-order valence-electron chi connectivity index (χ0n) is 14.7. The monoisotopic (exact) mass is 345 g/mol. The van der Waals surface area contributed by atoms with Crippen LogP contribution in [0.3, 0.4) is 0 Å². The van der Waals surface area contributed by atoms with Crippen LogP contribution in [0.2, 0.25) is 0 Å². The van der Waals surface area contributed by atoms with Crippen molar-refractivity contribution in [1.82, 2.24) is 4.98 Å². The van der Waals surface area contributed by atoms with Gasteiger partial charge in [0.1, 0.15) is 5.82 Å². The first-order valence-corrected chi connectivity index (χ1v) is 9.28. The van der Waals surface area contributed by atoms with E-state index in [1.165, 1.54) is 5.56 Å². The third-order valence-electron chi connectivity index (χ3n) is 5.02. The van der Waals surface area contributed by atoms with Gasteiger partial charge in [-0.2, -0.15) is 0 Å². The molecule has 1 aromatic heterocycles. The summed E-state index contributed by atoms with van der Waals surface area (Å²) >= 11 is 0. The van der Waals surface area contributed by atoms with Crippen LogP contribution >= 0.6 is 0 Å². The zero-order chi connectivity index (χ0) is 17.8. The second-order valence-electron chi connectivity index (χ2n) is 6.88. The summed E-state index contributed by atoms with van der Waals surface area (Å²) in [4.78, 5) is 17.3. The number of amides is 1. The summed E-state index contributed by atoms with van der Waals surface area (Å²) in [6, 6.07) is 20.1. The lowest BCUT2D eigenvalue weighted by Gasteiger charge is -2.14. The first kappa shape index (κ1) is 16.6. The Kier molecular flexibility index (Phi) is 4.82. The number of anilines is 2. The predicted molar refractivity (Wildman–Crippen MR) is 106 cm³/mol. The van der Waals surface area contributed by atoms with Gasteiger partial charge in [0.05, 0.1) is 11.2 Å². The number of hydrogen-bond acceptors (Lipinski definition) is 3. The SMILES string of the molecule is O=C(Nc1cc(NCc2ccccc2)nc2ccccc12)C1CCCC1. The van der Waals surface area contributed by atoms with Crippen molar-refractivity contribution < 1.29 is 4.79 Å². The number of fused-ring (bicyclic) bond motifs is 1. The van der Waals surface area contributed by atoms with Gasteiger partial charge < -0.3 is 10.6 Å². The zero-order valence-corrected chi connectivity index (χ0v) is 14.7. The smallest absolute Gasteiger partial charge is 0.227 e. The summed E-state index contributed by atoms with van der Waals surface area (Å²) in [6.45, 7) is 0.697. The van der Waals surface area contributed by atoms with E-state index < -0.39 is 0 Å². The summed E-state index contributed by atoms with van der Waals surface area (Å²) in [5.41, 5.74) is 2.91. The summed E-state index contributed by atoms with van der Waals surface area (Å²) in [5, 5.41) is 7.50. The van der Waals surface area contributed by atoms with E-state index in [1.54, 1.807) is 0 Å². The van der Waals surface area contributed by atoms with Gasteiger partial charge in [-0.05, 0) is 24.5 Å². The molecule has 2 N–H and O–H groups in total. The molecular formula is C22H23N3O. The van der Waals surface area contributed by atoms with Crippen LogP contribution in [0.4, 0.5) is 11.5 Å². The molecule has 1 heterocycles. The van der Waals surface area contributed by atoms with Crippen LogP contribution in [0.25, 0.3) is 10.9 Å². The lowest BCUT2D eigenvalue weighted by atomic mass is 10.1. The fraction of sp³-hybridized carbons (Fsp3) is 0.273. The van der Waals surface area contributed by atoms with Gasteiger partial charge >= 0.3 is 0 Å². The van der Waals surface area contributed by atoms with Crippen LogP contribution in [-0.4, -0.2) is 10.9 Å². The minimum atomic E-state index is 0.132. The highest BCUT2D eigenvalue weighted by molar-refractivity contribution is 6.02. The van der Waals surface area contributed by atoms with E-state index in [-0.39, 0.29) is 11.8 Å². The lowest BCUT2D eigenvalue weighted by molar-refractivity contribution is -0.119. The summed E-state index contributed by atoms with van der Waals surface area (Å²) < 4.78 is 0. The van der Waals surface area contributed by atoms with Gasteiger partial charge in [-0.3, -0.25) is 4.79 Å². The molecule has 0 aliphatic heterocycles. The van der Waals surface area contributed by atoms with Gasteiger partial charge in [-0.15, -0.1) is 0 Å². The molecule has 1 fully saturated rings. The maximum Gasteiger partial charge on any atom is 0.227 e. The average molecular weight is 345 g/mol. The second-order valence-corrected chi connectivity index (χ2v) is 6.88. The highest BCUT2D eigenvalue weighted by atomic mass is 16.1. The molecule has 0 saturated heterocycles. The molecular weight excluding hydrogens is 322 g/mol. The minimum Gasteiger partial charge on any atom is -0.366 e. The molecule has 0 radical (unpaired) electrons. The van der Waals surface area contributed by atoms with Gasteiger partial charge in [0.25, 0.3) is 0 Å². The topological polar surface area (TPSA) is 54.0 Å². The van der Waals surface area contributed by atoms with Crippen LogP contribution in [0.5, 0.6) is 0 Å². The summed E-state index contributed by atoms with van der Waals surface area (Å²) in [5.74, 6) is 1.05. The van der Waals surface area contributed by atoms with Crippen molar-refractivity contribution in [2.45, 2.75) is 32.2 Å². The number of nitrogens with one attached hydrogen (secondary N) is 2. The fourth-order valence-electron chi connectivity index (χ4n) is 3.58. The van der Waals surface area contributed by atoms with Crippen LogP contribution in [0.1, 0.15) is 31.2 Å². The molecule has 4 nitrogen and oxygen atoms in total. The second kappa shape index (κ2) is 7.56. The molecule has 1 amide bonds. The average Bonchev–Trinajstić information content (AvgIpc) is 3.22. The number of nitrogens with zero attached hydrogens (tertiary/aromatic N) is 1. The fourth-order valence-corrected chi connectivity index (χ4v) is 3.58. The molecule has 132 valence electrons. The Balaban J connectivity index is 1.59. The highest BCUT2D eigenvalue weighted by Crippen LogP contribution is 2.29. The number of aromatic nitrogens is 1. The van der Waals surface area contributed by atoms with E-state index in [1.807, 2.05) is 48.5 Å². The maximum atomic E-state index is 12.6. The molecule has 0 spiro atoms. The molecule has 26 heavy (non-hydrogen) atoms. The first-order chi connectivity index (χ1) is 12.8. The Morgan fingerprint density at radius 3 is 2.54 bits per heavy atom. The molecule has 0 bridgehead atoms. The van der Waals surface area contributed by atoms with Crippen LogP contribution in [0, 0.1) is 5.92 Å². The van der Waals surface area contributed by atoms with Crippen molar-refractivity contribution in [2.75, 3.05) is 10.6 Å². The Labute approximate surface area is 153 Å². The maximum absolute atomic E-state index is 12.6. The Bertz CT molecular complexity index is 902. The molecule has 2 aromatic carbocycles. The number of rotatable bonds is 5. The van der Waals surface area contributed by atoms with Crippen molar-refractivity contribution in [3.8, 4) is 0 Å². The largest absolute Gasteiger partial charge is 0.366 e. The van der Waals surface area contributed by atoms with Crippen molar-refractivity contribution in [3.05, 3.63) is 66.2 Å². The molecule has 0 unspecified atom stereocenters. The molecule has 0 atom stereocenters. The quantitative estimate of drug-likeness (QED) is 0.686. The summed E-state index contributed by atoms with van der Waals surface area (Å²) in [7, 11) is 0. The Hall–Kier alpha value is -2.88. The third kappa shape index (κ3) is 3.69. The molecule has 1 aliphatic rings. The molecule has 4 heteroatoms. The van der Waals surface area contributed by atoms with E-state index in [0.29, 0.717) is 6.54 Å².